The van der Waals surface area contributed by atoms with Crippen LogP contribution in [0.15, 0.2) is 83.5 Å². The highest BCUT2D eigenvalue weighted by Crippen LogP contribution is 2.17. The second-order valence-electron chi connectivity index (χ2n) is 7.80. The van der Waals surface area contributed by atoms with E-state index in [0.29, 0.717) is 13.1 Å². The highest BCUT2D eigenvalue weighted by Gasteiger charge is 2.17. The summed E-state index contributed by atoms with van der Waals surface area (Å²) in [6, 6.07) is 18.8. The van der Waals surface area contributed by atoms with Gasteiger partial charge in [-0.25, -0.2) is 18.2 Å². The molecule has 1 N–H and O–H groups in total. The zero-order valence-corrected chi connectivity index (χ0v) is 18.2. The minimum Gasteiger partial charge on any atom is -0.447 e. The van der Waals surface area contributed by atoms with Gasteiger partial charge in [0.1, 0.15) is 23.7 Å². The molecule has 5 nitrogen and oxygen atoms in total. The molecule has 0 fully saturated rings. The van der Waals surface area contributed by atoms with Gasteiger partial charge >= 0.3 is 0 Å². The lowest BCUT2D eigenvalue weighted by Crippen LogP contribution is -2.24. The third kappa shape index (κ3) is 6.32. The molecule has 0 aliphatic rings. The fourth-order valence-corrected chi connectivity index (χ4v) is 3.45. The van der Waals surface area contributed by atoms with E-state index in [2.05, 4.69) is 10.3 Å². The Balaban J connectivity index is 1.46. The monoisotopic (exact) mass is 465 g/mol. The van der Waals surface area contributed by atoms with Gasteiger partial charge in [-0.1, -0.05) is 48.5 Å². The number of oxazole rings is 1. The summed E-state index contributed by atoms with van der Waals surface area (Å²) in [5.41, 5.74) is 2.15. The van der Waals surface area contributed by atoms with E-state index in [4.69, 9.17) is 4.42 Å². The molecule has 0 radical (unpaired) electrons. The van der Waals surface area contributed by atoms with Crippen LogP contribution in [-0.2, 0) is 26.2 Å². The number of nitrogens with zero attached hydrogens (tertiary/aromatic N) is 2. The Bertz CT molecular complexity index is 1240. The molecule has 1 heterocycles. The third-order valence-electron chi connectivity index (χ3n) is 5.17. The van der Waals surface area contributed by atoms with Crippen molar-refractivity contribution in [1.82, 2.24) is 15.2 Å². The number of rotatable bonds is 9. The zero-order chi connectivity index (χ0) is 23.9. The SMILES string of the molecule is O=C(NCc1ccccc1)c1coc(CN(Cc2ccc(F)cc2)Cc2ccc(F)cc2F)n1. The van der Waals surface area contributed by atoms with Crippen LogP contribution in [0.1, 0.15) is 33.1 Å². The predicted molar refractivity (Wildman–Crippen MR) is 120 cm³/mol. The van der Waals surface area contributed by atoms with Gasteiger partial charge in [0.25, 0.3) is 5.91 Å². The summed E-state index contributed by atoms with van der Waals surface area (Å²) in [5.74, 6) is -1.82. The minimum absolute atomic E-state index is 0.126. The molecule has 174 valence electrons. The molecule has 0 bridgehead atoms. The standard InChI is InChI=1S/C26H22F3N3O2/c27-21-9-6-19(7-10-21)14-32(15-20-8-11-22(28)12-23(20)29)16-25-31-24(17-34-25)26(33)30-13-18-4-2-1-3-5-18/h1-12,17H,13-16H2,(H,30,33). The Morgan fingerprint density at radius 3 is 2.32 bits per heavy atom. The zero-order valence-electron chi connectivity index (χ0n) is 18.2. The van der Waals surface area contributed by atoms with E-state index in [0.717, 1.165) is 17.2 Å². The number of halogens is 3. The smallest absolute Gasteiger partial charge is 0.273 e. The molecule has 34 heavy (non-hydrogen) atoms. The highest BCUT2D eigenvalue weighted by atomic mass is 19.1. The first-order valence-electron chi connectivity index (χ1n) is 10.6. The van der Waals surface area contributed by atoms with Crippen molar-refractivity contribution in [1.29, 1.82) is 0 Å². The quantitative estimate of drug-likeness (QED) is 0.368. The van der Waals surface area contributed by atoms with Crippen LogP contribution in [0.2, 0.25) is 0 Å². The van der Waals surface area contributed by atoms with Gasteiger partial charge in [-0.3, -0.25) is 9.69 Å². The number of hydrogen-bond acceptors (Lipinski definition) is 4. The number of carbonyl (C=O) groups excluding carboxylic acids is 1. The molecule has 1 amide bonds. The minimum atomic E-state index is -0.669. The number of carbonyl (C=O) groups is 1. The van der Waals surface area contributed by atoms with Crippen LogP contribution < -0.4 is 5.32 Å². The number of aromatic nitrogens is 1. The van der Waals surface area contributed by atoms with E-state index in [-0.39, 0.29) is 42.0 Å². The van der Waals surface area contributed by atoms with E-state index in [1.165, 1.54) is 30.5 Å². The first-order valence-corrected chi connectivity index (χ1v) is 10.6. The van der Waals surface area contributed by atoms with Gasteiger partial charge in [-0.05, 0) is 29.3 Å². The van der Waals surface area contributed by atoms with Gasteiger partial charge in [0.05, 0.1) is 6.54 Å². The number of amides is 1. The Labute approximate surface area is 194 Å². The molecule has 1 aromatic heterocycles. The molecule has 0 aliphatic heterocycles. The summed E-state index contributed by atoms with van der Waals surface area (Å²) in [4.78, 5) is 18.5. The molecule has 4 rings (SSSR count). The van der Waals surface area contributed by atoms with Crippen molar-refractivity contribution in [2.45, 2.75) is 26.2 Å². The molecule has 8 heteroatoms. The number of nitrogens with one attached hydrogen (secondary N) is 1. The summed E-state index contributed by atoms with van der Waals surface area (Å²) >= 11 is 0. The summed E-state index contributed by atoms with van der Waals surface area (Å²) < 4.78 is 46.4. The van der Waals surface area contributed by atoms with Crippen molar-refractivity contribution in [2.75, 3.05) is 0 Å². The summed E-state index contributed by atoms with van der Waals surface area (Å²) in [6.45, 7) is 0.957. The third-order valence-corrected chi connectivity index (χ3v) is 5.17. The first kappa shape index (κ1) is 23.3. The fraction of sp³-hybridized carbons (Fsp3) is 0.154. The van der Waals surface area contributed by atoms with E-state index in [1.807, 2.05) is 30.3 Å². The topological polar surface area (TPSA) is 58.4 Å². The first-order chi connectivity index (χ1) is 16.5. The van der Waals surface area contributed by atoms with Gasteiger partial charge in [-0.2, -0.15) is 0 Å². The molecule has 0 saturated carbocycles. The Hall–Kier alpha value is -3.91. The van der Waals surface area contributed by atoms with Crippen molar-refractivity contribution in [3.8, 4) is 0 Å². The van der Waals surface area contributed by atoms with E-state index < -0.39 is 11.6 Å². The van der Waals surface area contributed by atoms with Gasteiger partial charge in [0.15, 0.2) is 5.69 Å². The van der Waals surface area contributed by atoms with Gasteiger partial charge in [-0.15, -0.1) is 0 Å². The van der Waals surface area contributed by atoms with Crippen molar-refractivity contribution < 1.29 is 22.4 Å². The predicted octanol–water partition coefficient (Wildman–Crippen LogP) is 5.22. The lowest BCUT2D eigenvalue weighted by molar-refractivity contribution is 0.0945. The van der Waals surface area contributed by atoms with Crippen LogP contribution in [0.25, 0.3) is 0 Å². The molecular weight excluding hydrogens is 443 g/mol. The summed E-state index contributed by atoms with van der Waals surface area (Å²) in [5, 5.41) is 2.78. The average Bonchev–Trinajstić information content (AvgIpc) is 3.30. The van der Waals surface area contributed by atoms with Crippen LogP contribution in [0.3, 0.4) is 0 Å². The normalized spacial score (nSPS) is 11.1. The van der Waals surface area contributed by atoms with Crippen molar-refractivity contribution in [3.05, 3.63) is 125 Å². The van der Waals surface area contributed by atoms with Crippen LogP contribution in [0, 0.1) is 17.5 Å². The maximum atomic E-state index is 14.3. The van der Waals surface area contributed by atoms with Crippen LogP contribution >= 0.6 is 0 Å². The van der Waals surface area contributed by atoms with Crippen LogP contribution in [0.4, 0.5) is 13.2 Å². The Kier molecular flexibility index (Phi) is 7.39. The fourth-order valence-electron chi connectivity index (χ4n) is 3.45. The van der Waals surface area contributed by atoms with Crippen molar-refractivity contribution in [2.24, 2.45) is 0 Å². The Morgan fingerprint density at radius 2 is 1.59 bits per heavy atom. The van der Waals surface area contributed by atoms with Crippen LogP contribution in [-0.4, -0.2) is 15.8 Å². The second kappa shape index (κ2) is 10.8. The molecule has 0 aliphatic carbocycles. The largest absolute Gasteiger partial charge is 0.447 e. The molecule has 0 saturated heterocycles. The molecule has 0 atom stereocenters. The summed E-state index contributed by atoms with van der Waals surface area (Å²) in [6.07, 6.45) is 1.27. The van der Waals surface area contributed by atoms with Gasteiger partial charge < -0.3 is 9.73 Å². The average molecular weight is 465 g/mol. The van der Waals surface area contributed by atoms with E-state index in [9.17, 15) is 18.0 Å². The Morgan fingerprint density at radius 1 is 0.853 bits per heavy atom. The maximum Gasteiger partial charge on any atom is 0.273 e. The van der Waals surface area contributed by atoms with E-state index in [1.54, 1.807) is 17.0 Å². The lowest BCUT2D eigenvalue weighted by atomic mass is 10.1. The molecule has 0 unspecified atom stereocenters. The highest BCUT2D eigenvalue weighted by molar-refractivity contribution is 5.91. The molecular formula is C26H22F3N3O2. The maximum absolute atomic E-state index is 14.3. The second-order valence-corrected chi connectivity index (χ2v) is 7.80. The van der Waals surface area contributed by atoms with Crippen LogP contribution in [0.5, 0.6) is 0 Å². The molecule has 3 aromatic carbocycles. The molecule has 4 aromatic rings. The number of hydrogen-bond donors (Lipinski definition) is 1. The van der Waals surface area contributed by atoms with E-state index >= 15 is 0 Å². The molecule has 0 spiro atoms. The van der Waals surface area contributed by atoms with Gasteiger partial charge in [0.2, 0.25) is 5.89 Å². The summed E-state index contributed by atoms with van der Waals surface area (Å²) in [7, 11) is 0. The lowest BCUT2D eigenvalue weighted by Gasteiger charge is -2.21. The number of benzene rings is 3. The van der Waals surface area contributed by atoms with Crippen molar-refractivity contribution >= 4 is 5.91 Å². The van der Waals surface area contributed by atoms with Gasteiger partial charge in [0, 0.05) is 31.3 Å². The van der Waals surface area contributed by atoms with Crippen molar-refractivity contribution in [3.63, 3.8) is 0 Å².